The van der Waals surface area contributed by atoms with E-state index in [-0.39, 0.29) is 24.7 Å². The van der Waals surface area contributed by atoms with Crippen molar-refractivity contribution in [3.63, 3.8) is 0 Å². The fourth-order valence-electron chi connectivity index (χ4n) is 6.06. The molecule has 7 amide bonds. The molecule has 19 nitrogen and oxygen atoms in total. The van der Waals surface area contributed by atoms with Crippen LogP contribution in [0.2, 0.25) is 0 Å². The van der Waals surface area contributed by atoms with Gasteiger partial charge in [-0.15, -0.1) is 0 Å². The number of amides is 7. The Morgan fingerprint density at radius 1 is 0.852 bits per heavy atom. The quantitative estimate of drug-likeness (QED) is 0.158. The molecule has 2 aliphatic rings. The fraction of sp³-hybridized carbons (Fsp3) is 0.618. The fourth-order valence-corrected chi connectivity index (χ4v) is 6.46. The second-order valence-electron chi connectivity index (χ2n) is 14.0. The topological polar surface area (TPSA) is 285 Å². The van der Waals surface area contributed by atoms with E-state index in [4.69, 9.17) is 20.3 Å². The standard InChI is InChI=1S/C34H52N7O12P/c1-19(2)27-32(46)37-24(18-26(35)42)30(44)40-28(20(3)4)33(47)41-15-8-9-25(41)31(45)36-14-6-5-7-16-52-34(48)38-23(29(43)39-27)17-21-10-12-22(13-11-21)53-54(49,50)51/h10-13,19-20,23-25,27-28H,5-9,14-18H2,1-4H3,(H2,35,42)(H,36,45)(H,37,46)(H,38,48)(H,39,43)(H,40,44)(H2,49,50,51)/t23-,24-,25-,27+,28+/m0/s1. The zero-order chi connectivity index (χ0) is 40.2. The van der Waals surface area contributed by atoms with E-state index >= 15 is 0 Å². The molecule has 300 valence electrons. The van der Waals surface area contributed by atoms with Crippen LogP contribution in [0.4, 0.5) is 4.79 Å². The van der Waals surface area contributed by atoms with Crippen LogP contribution in [0.15, 0.2) is 24.3 Å². The zero-order valence-corrected chi connectivity index (χ0v) is 31.8. The molecule has 0 aliphatic carbocycles. The number of alkyl carbamates (subject to hydrolysis) is 1. The third-order valence-electron chi connectivity index (χ3n) is 8.90. The van der Waals surface area contributed by atoms with Crippen molar-refractivity contribution in [3.8, 4) is 5.75 Å². The van der Waals surface area contributed by atoms with Gasteiger partial charge in [-0.1, -0.05) is 39.8 Å². The Hall–Kier alpha value is -4.74. The van der Waals surface area contributed by atoms with E-state index in [0.717, 1.165) is 0 Å². The molecule has 0 spiro atoms. The van der Waals surface area contributed by atoms with Crippen molar-refractivity contribution >= 4 is 49.4 Å². The van der Waals surface area contributed by atoms with Crippen LogP contribution in [0.5, 0.6) is 5.75 Å². The summed E-state index contributed by atoms with van der Waals surface area (Å²) in [5, 5.41) is 13.1. The SMILES string of the molecule is CC(C)[C@H]1NC(=O)[C@H](Cc2ccc(OP(=O)(O)O)cc2)NC(=O)OCCCCCNC(=O)[C@@H]2CCCN2C(=O)[C@@H](C(C)C)NC(=O)[C@H](CC(N)=O)NC1=O. The van der Waals surface area contributed by atoms with E-state index in [1.165, 1.54) is 29.2 Å². The molecule has 0 bridgehead atoms. The molecule has 0 unspecified atom stereocenters. The highest BCUT2D eigenvalue weighted by molar-refractivity contribution is 7.46. The summed E-state index contributed by atoms with van der Waals surface area (Å²) in [5.74, 6) is -5.48. The highest BCUT2D eigenvalue weighted by atomic mass is 31.2. The van der Waals surface area contributed by atoms with Crippen LogP contribution < -0.4 is 36.8 Å². The van der Waals surface area contributed by atoms with Crippen molar-refractivity contribution in [1.29, 1.82) is 0 Å². The number of ether oxygens (including phenoxy) is 1. The van der Waals surface area contributed by atoms with Crippen LogP contribution in [-0.4, -0.2) is 106 Å². The molecule has 20 heteroatoms. The van der Waals surface area contributed by atoms with Crippen LogP contribution in [-0.2, 0) is 44.5 Å². The Labute approximate surface area is 313 Å². The average molecular weight is 782 g/mol. The Bertz CT molecular complexity index is 1570. The molecule has 2 saturated heterocycles. The van der Waals surface area contributed by atoms with E-state index in [2.05, 4.69) is 31.1 Å². The van der Waals surface area contributed by atoms with Gasteiger partial charge in [-0.25, -0.2) is 9.36 Å². The molecule has 2 heterocycles. The van der Waals surface area contributed by atoms with Gasteiger partial charge in [0.15, 0.2) is 0 Å². The number of hydrogen-bond acceptors (Lipinski definition) is 10. The lowest BCUT2D eigenvalue weighted by molar-refractivity contribution is -0.143. The molecule has 0 saturated carbocycles. The number of fused-ring (bicyclic) bond motifs is 1. The van der Waals surface area contributed by atoms with E-state index in [0.29, 0.717) is 50.8 Å². The molecule has 0 radical (unpaired) electrons. The van der Waals surface area contributed by atoms with Crippen molar-refractivity contribution in [2.45, 2.75) is 103 Å². The van der Waals surface area contributed by atoms with E-state index in [1.54, 1.807) is 27.7 Å². The summed E-state index contributed by atoms with van der Waals surface area (Å²) in [5.41, 5.74) is 5.87. The molecule has 2 fully saturated rings. The molecular formula is C34H52N7O12P. The molecule has 9 N–H and O–H groups in total. The van der Waals surface area contributed by atoms with Gasteiger partial charge in [0.25, 0.3) is 0 Å². The largest absolute Gasteiger partial charge is 0.524 e. The normalized spacial score (nSPS) is 24.7. The minimum atomic E-state index is -4.83. The summed E-state index contributed by atoms with van der Waals surface area (Å²) in [6.45, 7) is 7.23. The molecular weight excluding hydrogens is 729 g/mol. The Balaban J connectivity index is 1.92. The van der Waals surface area contributed by atoms with Crippen molar-refractivity contribution in [2.75, 3.05) is 19.7 Å². The van der Waals surface area contributed by atoms with Gasteiger partial charge in [-0.3, -0.25) is 38.6 Å². The number of carbonyl (C=O) groups excluding carboxylic acids is 7. The number of nitrogens with zero attached hydrogens (tertiary/aromatic N) is 1. The first-order valence-electron chi connectivity index (χ1n) is 17.9. The maximum absolute atomic E-state index is 13.8. The van der Waals surface area contributed by atoms with Crippen molar-refractivity contribution in [3.05, 3.63) is 29.8 Å². The summed E-state index contributed by atoms with van der Waals surface area (Å²) in [7, 11) is -4.83. The number of benzene rings is 1. The lowest BCUT2D eigenvalue weighted by atomic mass is 9.99. The number of carbonyl (C=O) groups is 7. The number of nitrogens with two attached hydrogens (primary N) is 1. The molecule has 1 aromatic carbocycles. The number of cyclic esters (lactones) is 1. The van der Waals surface area contributed by atoms with Gasteiger partial charge in [-0.05, 0) is 61.6 Å². The van der Waals surface area contributed by atoms with Crippen molar-refractivity contribution in [2.24, 2.45) is 17.6 Å². The van der Waals surface area contributed by atoms with Crippen LogP contribution in [0.25, 0.3) is 0 Å². The highest BCUT2D eigenvalue weighted by Crippen LogP contribution is 2.37. The second kappa shape index (κ2) is 20.1. The predicted molar refractivity (Wildman–Crippen MR) is 192 cm³/mol. The Morgan fingerprint density at radius 2 is 1.48 bits per heavy atom. The maximum atomic E-state index is 13.8. The third-order valence-corrected chi connectivity index (χ3v) is 9.35. The average Bonchev–Trinajstić information content (AvgIpc) is 3.57. The number of phosphoric ester groups is 1. The van der Waals surface area contributed by atoms with Crippen LogP contribution in [0.3, 0.4) is 0 Å². The predicted octanol–water partition coefficient (Wildman–Crippen LogP) is -0.272. The van der Waals surface area contributed by atoms with E-state index in [9.17, 15) is 38.1 Å². The third kappa shape index (κ3) is 13.6. The highest BCUT2D eigenvalue weighted by Gasteiger charge is 2.40. The van der Waals surface area contributed by atoms with Crippen molar-refractivity contribution < 1.29 is 57.2 Å². The lowest BCUT2D eigenvalue weighted by Gasteiger charge is -2.32. The molecule has 1 aromatic rings. The number of rotatable bonds is 8. The number of nitrogens with one attached hydrogen (secondary N) is 5. The molecule has 54 heavy (non-hydrogen) atoms. The molecule has 2 aliphatic heterocycles. The first-order valence-corrected chi connectivity index (χ1v) is 19.4. The first-order chi connectivity index (χ1) is 25.4. The Morgan fingerprint density at radius 3 is 2.09 bits per heavy atom. The minimum absolute atomic E-state index is 0.0106. The van der Waals surface area contributed by atoms with Crippen LogP contribution >= 0.6 is 7.82 Å². The first kappa shape index (κ1) is 43.7. The van der Waals surface area contributed by atoms with Gasteiger partial charge >= 0.3 is 13.9 Å². The molecule has 3 rings (SSSR count). The number of hydrogen-bond donors (Lipinski definition) is 8. The smallest absolute Gasteiger partial charge is 0.450 e. The van der Waals surface area contributed by atoms with Crippen LogP contribution in [0, 0.1) is 11.8 Å². The zero-order valence-electron chi connectivity index (χ0n) is 30.9. The minimum Gasteiger partial charge on any atom is -0.450 e. The van der Waals surface area contributed by atoms with Gasteiger partial charge in [0, 0.05) is 19.5 Å². The van der Waals surface area contributed by atoms with E-state index in [1.807, 2.05) is 0 Å². The van der Waals surface area contributed by atoms with Crippen molar-refractivity contribution in [1.82, 2.24) is 31.5 Å². The molecule has 0 aromatic heterocycles. The maximum Gasteiger partial charge on any atom is 0.524 e. The van der Waals surface area contributed by atoms with E-state index < -0.39 is 91.9 Å². The summed E-state index contributed by atoms with van der Waals surface area (Å²) in [6.07, 6.45) is 0.845. The summed E-state index contributed by atoms with van der Waals surface area (Å²) in [4.78, 5) is 113. The monoisotopic (exact) mass is 781 g/mol. The Kier molecular flexibility index (Phi) is 16.2. The summed E-state index contributed by atoms with van der Waals surface area (Å²) < 4.78 is 21.1. The number of primary amides is 1. The van der Waals surface area contributed by atoms with Gasteiger partial charge < -0.3 is 46.5 Å². The number of phosphoric acid groups is 1. The van der Waals surface area contributed by atoms with Gasteiger partial charge in [0.05, 0.1) is 13.0 Å². The lowest BCUT2D eigenvalue weighted by Crippen LogP contribution is -2.61. The van der Waals surface area contributed by atoms with Crippen LogP contribution in [0.1, 0.15) is 71.8 Å². The summed E-state index contributed by atoms with van der Waals surface area (Å²) in [6, 6.07) is -0.648. The molecule has 5 atom stereocenters. The summed E-state index contributed by atoms with van der Waals surface area (Å²) >= 11 is 0. The van der Waals surface area contributed by atoms with Gasteiger partial charge in [0.2, 0.25) is 35.4 Å². The second-order valence-corrected chi connectivity index (χ2v) is 15.2. The van der Waals surface area contributed by atoms with Gasteiger partial charge in [0.1, 0.15) is 36.0 Å². The van der Waals surface area contributed by atoms with Gasteiger partial charge in [-0.2, -0.15) is 0 Å².